The molecular formula is C26H44OSi. The van der Waals surface area contributed by atoms with Gasteiger partial charge in [-0.3, -0.25) is 0 Å². The summed E-state index contributed by atoms with van der Waals surface area (Å²) < 4.78 is 7.08. The van der Waals surface area contributed by atoms with Gasteiger partial charge in [0.15, 0.2) is 8.32 Å². The Labute approximate surface area is 175 Å². The SMILES string of the molecule is CC1=CC2=CC[C@@H]3[C@@H](CC[C@]4(C)C(O[Si](C)(C)C(C)(C)C)CC[C@@H]34)[C@@]2(C)CC1. The highest BCUT2D eigenvalue weighted by molar-refractivity contribution is 6.74. The Morgan fingerprint density at radius 3 is 2.43 bits per heavy atom. The van der Waals surface area contributed by atoms with E-state index < -0.39 is 8.32 Å². The van der Waals surface area contributed by atoms with E-state index in [2.05, 4.69) is 66.8 Å². The summed E-state index contributed by atoms with van der Waals surface area (Å²) in [6.45, 7) is 19.6. The largest absolute Gasteiger partial charge is 0.413 e. The van der Waals surface area contributed by atoms with Crippen molar-refractivity contribution >= 4 is 8.32 Å². The van der Waals surface area contributed by atoms with Gasteiger partial charge in [0.2, 0.25) is 0 Å². The fourth-order valence-corrected chi connectivity index (χ4v) is 8.60. The van der Waals surface area contributed by atoms with Crippen LogP contribution in [0.25, 0.3) is 0 Å². The molecule has 2 fully saturated rings. The molecule has 1 unspecified atom stereocenters. The first-order valence-electron chi connectivity index (χ1n) is 11.9. The van der Waals surface area contributed by atoms with E-state index >= 15 is 0 Å². The molecule has 28 heavy (non-hydrogen) atoms. The third-order valence-electron chi connectivity index (χ3n) is 10.1. The van der Waals surface area contributed by atoms with Gasteiger partial charge < -0.3 is 4.43 Å². The van der Waals surface area contributed by atoms with Crippen molar-refractivity contribution < 1.29 is 4.43 Å². The van der Waals surface area contributed by atoms with Crippen LogP contribution in [0.3, 0.4) is 0 Å². The van der Waals surface area contributed by atoms with Crippen LogP contribution in [0.2, 0.25) is 18.1 Å². The average Bonchev–Trinajstić information content (AvgIpc) is 2.91. The van der Waals surface area contributed by atoms with Crippen LogP contribution in [-0.2, 0) is 4.43 Å². The minimum absolute atomic E-state index is 0.306. The summed E-state index contributed by atoms with van der Waals surface area (Å²) in [4.78, 5) is 0. The maximum Gasteiger partial charge on any atom is 0.192 e. The van der Waals surface area contributed by atoms with Gasteiger partial charge >= 0.3 is 0 Å². The second-order valence-corrected chi connectivity index (χ2v) is 17.4. The predicted molar refractivity (Wildman–Crippen MR) is 123 cm³/mol. The van der Waals surface area contributed by atoms with Crippen LogP contribution >= 0.6 is 0 Å². The molecule has 0 aromatic carbocycles. The van der Waals surface area contributed by atoms with E-state index in [9.17, 15) is 0 Å². The van der Waals surface area contributed by atoms with Crippen LogP contribution in [0, 0.1) is 28.6 Å². The number of hydrogen-bond donors (Lipinski definition) is 0. The number of fused-ring (bicyclic) bond motifs is 5. The third-order valence-corrected chi connectivity index (χ3v) is 14.6. The Bertz CT molecular complexity index is 696. The van der Waals surface area contributed by atoms with Gasteiger partial charge in [-0.2, -0.15) is 0 Å². The Balaban J connectivity index is 1.59. The summed E-state index contributed by atoms with van der Waals surface area (Å²) >= 11 is 0. The first-order chi connectivity index (χ1) is 12.9. The molecule has 4 aliphatic rings. The molecular weight excluding hydrogens is 356 g/mol. The first kappa shape index (κ1) is 20.9. The van der Waals surface area contributed by atoms with Crippen molar-refractivity contribution in [2.75, 3.05) is 0 Å². The standard InChI is InChI=1S/C26H44OSi/c1-18-13-15-25(5)19(17-18)9-10-20-21-11-12-23(26(21,6)16-14-22(20)25)27-28(7,8)24(2,3)4/h9,17,20-23H,10-16H2,1-8H3/t20-,21-,22+,23?,25-,26-/m0/s1. The van der Waals surface area contributed by atoms with Crippen molar-refractivity contribution in [3.05, 3.63) is 23.3 Å². The summed E-state index contributed by atoms with van der Waals surface area (Å²) in [5, 5.41) is 0.306. The molecule has 6 atom stereocenters. The van der Waals surface area contributed by atoms with E-state index in [1.807, 2.05) is 0 Å². The number of rotatable bonds is 2. The van der Waals surface area contributed by atoms with Gasteiger partial charge in [-0.25, -0.2) is 0 Å². The molecule has 0 bridgehead atoms. The minimum Gasteiger partial charge on any atom is -0.413 e. The van der Waals surface area contributed by atoms with Gasteiger partial charge in [-0.1, -0.05) is 52.3 Å². The summed E-state index contributed by atoms with van der Waals surface area (Å²) in [7, 11) is -1.71. The van der Waals surface area contributed by atoms with Gasteiger partial charge in [-0.05, 0) is 104 Å². The zero-order valence-corrected chi connectivity index (χ0v) is 20.8. The molecule has 0 amide bonds. The smallest absolute Gasteiger partial charge is 0.192 e. The highest BCUT2D eigenvalue weighted by atomic mass is 28.4. The lowest BCUT2D eigenvalue weighted by Gasteiger charge is -2.57. The lowest BCUT2D eigenvalue weighted by molar-refractivity contribution is -0.0586. The molecule has 4 aliphatic carbocycles. The Hall–Kier alpha value is -0.343. The van der Waals surface area contributed by atoms with Gasteiger partial charge in [0.05, 0.1) is 6.10 Å². The molecule has 0 aliphatic heterocycles. The van der Waals surface area contributed by atoms with Crippen molar-refractivity contribution in [2.24, 2.45) is 28.6 Å². The van der Waals surface area contributed by atoms with E-state index in [4.69, 9.17) is 4.43 Å². The van der Waals surface area contributed by atoms with Gasteiger partial charge in [-0.15, -0.1) is 0 Å². The van der Waals surface area contributed by atoms with Gasteiger partial charge in [0.1, 0.15) is 0 Å². The van der Waals surface area contributed by atoms with Crippen LogP contribution in [0.15, 0.2) is 23.3 Å². The topological polar surface area (TPSA) is 9.23 Å². The summed E-state index contributed by atoms with van der Waals surface area (Å²) in [6, 6.07) is 0. The Morgan fingerprint density at radius 2 is 1.75 bits per heavy atom. The Morgan fingerprint density at radius 1 is 1.04 bits per heavy atom. The van der Waals surface area contributed by atoms with Crippen LogP contribution in [-0.4, -0.2) is 14.4 Å². The van der Waals surface area contributed by atoms with Crippen molar-refractivity contribution in [1.82, 2.24) is 0 Å². The van der Waals surface area contributed by atoms with E-state index in [1.54, 1.807) is 11.1 Å². The molecule has 158 valence electrons. The molecule has 0 aromatic rings. The lowest BCUT2D eigenvalue weighted by Crippen LogP contribution is -2.53. The third kappa shape index (κ3) is 3.04. The van der Waals surface area contributed by atoms with Crippen molar-refractivity contribution in [3.8, 4) is 0 Å². The molecule has 4 rings (SSSR count). The average molecular weight is 401 g/mol. The van der Waals surface area contributed by atoms with Gasteiger partial charge in [0.25, 0.3) is 0 Å². The fourth-order valence-electron chi connectivity index (χ4n) is 7.14. The molecule has 0 radical (unpaired) electrons. The maximum absolute atomic E-state index is 7.08. The predicted octanol–water partition coefficient (Wildman–Crippen LogP) is 7.90. The second kappa shape index (κ2) is 6.58. The monoisotopic (exact) mass is 400 g/mol. The second-order valence-electron chi connectivity index (χ2n) is 12.7. The molecule has 0 spiro atoms. The Kier molecular flexibility index (Phi) is 4.91. The van der Waals surface area contributed by atoms with Crippen molar-refractivity contribution in [3.63, 3.8) is 0 Å². The summed E-state index contributed by atoms with van der Waals surface area (Å²) in [5.74, 6) is 2.64. The summed E-state index contributed by atoms with van der Waals surface area (Å²) in [5.41, 5.74) is 4.10. The number of allylic oxidation sites excluding steroid dienone is 4. The fraction of sp³-hybridized carbons (Fsp3) is 0.846. The maximum atomic E-state index is 7.08. The highest BCUT2D eigenvalue weighted by Gasteiger charge is 2.59. The number of hydrogen-bond acceptors (Lipinski definition) is 1. The van der Waals surface area contributed by atoms with E-state index in [0.29, 0.717) is 22.0 Å². The molecule has 0 N–H and O–H groups in total. The van der Waals surface area contributed by atoms with E-state index in [1.165, 1.54) is 44.9 Å². The van der Waals surface area contributed by atoms with Crippen LogP contribution in [0.4, 0.5) is 0 Å². The van der Waals surface area contributed by atoms with E-state index in [0.717, 1.165) is 17.8 Å². The molecule has 2 saturated carbocycles. The minimum atomic E-state index is -1.71. The highest BCUT2D eigenvalue weighted by Crippen LogP contribution is 2.65. The zero-order chi connectivity index (χ0) is 20.5. The van der Waals surface area contributed by atoms with E-state index in [-0.39, 0.29) is 0 Å². The molecule has 0 heterocycles. The quantitative estimate of drug-likeness (QED) is 0.428. The zero-order valence-electron chi connectivity index (χ0n) is 19.8. The molecule has 0 saturated heterocycles. The molecule has 2 heteroatoms. The van der Waals surface area contributed by atoms with Crippen LogP contribution in [0.1, 0.15) is 86.5 Å². The first-order valence-corrected chi connectivity index (χ1v) is 14.8. The molecule has 0 aromatic heterocycles. The lowest BCUT2D eigenvalue weighted by atomic mass is 9.48. The van der Waals surface area contributed by atoms with Crippen molar-refractivity contribution in [1.29, 1.82) is 0 Å². The molecule has 1 nitrogen and oxygen atoms in total. The van der Waals surface area contributed by atoms with Gasteiger partial charge in [0, 0.05) is 0 Å². The normalized spacial score (nSPS) is 43.6. The van der Waals surface area contributed by atoms with Crippen molar-refractivity contribution in [2.45, 2.75) is 111 Å². The summed E-state index contributed by atoms with van der Waals surface area (Å²) in [6.07, 6.45) is 15.1. The van der Waals surface area contributed by atoms with Crippen LogP contribution < -0.4 is 0 Å². The van der Waals surface area contributed by atoms with Crippen LogP contribution in [0.5, 0.6) is 0 Å².